The Morgan fingerprint density at radius 2 is 2.00 bits per heavy atom. The zero-order valence-electron chi connectivity index (χ0n) is 10.0. The molecular formula is C12H14N2O5. The van der Waals surface area contributed by atoms with Gasteiger partial charge >= 0.3 is 12.1 Å². The molecule has 1 atom stereocenters. The third-order valence-electron chi connectivity index (χ3n) is 2.23. The Labute approximate surface area is 109 Å². The van der Waals surface area contributed by atoms with Gasteiger partial charge in [0, 0.05) is 0 Å². The molecule has 0 aliphatic heterocycles. The van der Waals surface area contributed by atoms with Crippen molar-refractivity contribution >= 4 is 18.5 Å². The molecule has 0 saturated heterocycles. The Kier molecular flexibility index (Phi) is 5.87. The normalized spacial score (nSPS) is 11.2. The molecule has 0 bridgehead atoms. The van der Waals surface area contributed by atoms with Gasteiger partial charge in [-0.25, -0.2) is 9.59 Å². The van der Waals surface area contributed by atoms with Gasteiger partial charge in [0.25, 0.3) is 0 Å². The summed E-state index contributed by atoms with van der Waals surface area (Å²) >= 11 is 0. The number of hydrogen-bond donors (Lipinski definition) is 3. The summed E-state index contributed by atoms with van der Waals surface area (Å²) in [4.78, 5) is 32.1. The summed E-state index contributed by atoms with van der Waals surface area (Å²) in [6.07, 6.45) is -0.488. The van der Waals surface area contributed by atoms with Crippen LogP contribution >= 0.6 is 0 Å². The topological polar surface area (TPSA) is 105 Å². The fraction of sp³-hybridized carbons (Fsp3) is 0.250. The Balaban J connectivity index is 2.31. The van der Waals surface area contributed by atoms with E-state index < -0.39 is 18.1 Å². The van der Waals surface area contributed by atoms with Gasteiger partial charge in [-0.15, -0.1) is 0 Å². The van der Waals surface area contributed by atoms with E-state index in [1.54, 1.807) is 12.1 Å². The first kappa shape index (κ1) is 14.5. The highest BCUT2D eigenvalue weighted by Gasteiger charge is 2.17. The SMILES string of the molecule is O=CN[C@@H](CNC(=O)OCc1ccccc1)C(=O)O. The van der Waals surface area contributed by atoms with Crippen LogP contribution in [0.25, 0.3) is 0 Å². The fourth-order valence-electron chi connectivity index (χ4n) is 1.26. The molecule has 3 N–H and O–H groups in total. The van der Waals surface area contributed by atoms with Gasteiger partial charge in [-0.3, -0.25) is 4.79 Å². The minimum absolute atomic E-state index is 0.0888. The van der Waals surface area contributed by atoms with Gasteiger partial charge in [0.1, 0.15) is 12.6 Å². The highest BCUT2D eigenvalue weighted by atomic mass is 16.5. The van der Waals surface area contributed by atoms with E-state index in [0.717, 1.165) is 5.56 Å². The Morgan fingerprint density at radius 1 is 1.32 bits per heavy atom. The number of benzene rings is 1. The maximum absolute atomic E-state index is 11.3. The molecule has 0 aliphatic carbocycles. The lowest BCUT2D eigenvalue weighted by Gasteiger charge is -2.12. The lowest BCUT2D eigenvalue weighted by Crippen LogP contribution is -2.45. The smallest absolute Gasteiger partial charge is 0.407 e. The van der Waals surface area contributed by atoms with Crippen molar-refractivity contribution in [2.75, 3.05) is 6.54 Å². The molecule has 2 amide bonds. The Morgan fingerprint density at radius 3 is 2.58 bits per heavy atom. The first-order valence-electron chi connectivity index (χ1n) is 5.50. The van der Waals surface area contributed by atoms with E-state index in [2.05, 4.69) is 10.6 Å². The number of carbonyl (C=O) groups is 3. The standard InChI is InChI=1S/C12H14N2O5/c15-8-14-10(11(16)17)6-13-12(18)19-7-9-4-2-1-3-5-9/h1-5,8,10H,6-7H2,(H,13,18)(H,14,15)(H,16,17)/t10-/m0/s1. The van der Waals surface area contributed by atoms with Crippen LogP contribution in [0.1, 0.15) is 5.56 Å². The van der Waals surface area contributed by atoms with Crippen molar-refractivity contribution in [3.63, 3.8) is 0 Å². The molecule has 0 spiro atoms. The molecule has 1 aromatic rings. The van der Waals surface area contributed by atoms with Crippen LogP contribution in [0.15, 0.2) is 30.3 Å². The average molecular weight is 266 g/mol. The van der Waals surface area contributed by atoms with E-state index in [9.17, 15) is 14.4 Å². The van der Waals surface area contributed by atoms with E-state index in [0.29, 0.717) is 0 Å². The molecule has 0 radical (unpaired) electrons. The van der Waals surface area contributed by atoms with Gasteiger partial charge in [0.05, 0.1) is 6.54 Å². The molecule has 102 valence electrons. The van der Waals surface area contributed by atoms with Crippen LogP contribution in [0.5, 0.6) is 0 Å². The number of carboxylic acids is 1. The molecule has 1 aromatic carbocycles. The molecule has 1 rings (SSSR count). The van der Waals surface area contributed by atoms with E-state index in [1.165, 1.54) is 0 Å². The molecule has 19 heavy (non-hydrogen) atoms. The lowest BCUT2D eigenvalue weighted by molar-refractivity contribution is -0.140. The molecule has 7 heteroatoms. The second-order valence-electron chi connectivity index (χ2n) is 3.62. The molecule has 0 unspecified atom stereocenters. The van der Waals surface area contributed by atoms with Crippen molar-refractivity contribution in [1.29, 1.82) is 0 Å². The number of alkyl carbamates (subject to hydrolysis) is 1. The summed E-state index contributed by atoms with van der Waals surface area (Å²) in [5.74, 6) is -1.24. The van der Waals surface area contributed by atoms with Gasteiger partial charge in [-0.2, -0.15) is 0 Å². The number of carbonyl (C=O) groups excluding carboxylic acids is 2. The van der Waals surface area contributed by atoms with Gasteiger partial charge in [-0.1, -0.05) is 30.3 Å². The van der Waals surface area contributed by atoms with Crippen molar-refractivity contribution in [3.05, 3.63) is 35.9 Å². The summed E-state index contributed by atoms with van der Waals surface area (Å²) in [5.41, 5.74) is 0.818. The molecule has 0 aromatic heterocycles. The zero-order chi connectivity index (χ0) is 14.1. The summed E-state index contributed by atoms with van der Waals surface area (Å²) in [6.45, 7) is -0.160. The van der Waals surface area contributed by atoms with Crippen LogP contribution in [-0.2, 0) is 20.9 Å². The van der Waals surface area contributed by atoms with Crippen LogP contribution in [0, 0.1) is 0 Å². The predicted octanol–water partition coefficient (Wildman–Crippen LogP) is 0.112. The maximum Gasteiger partial charge on any atom is 0.407 e. The van der Waals surface area contributed by atoms with Crippen LogP contribution in [0.3, 0.4) is 0 Å². The van der Waals surface area contributed by atoms with E-state index in [-0.39, 0.29) is 19.6 Å². The number of amides is 2. The first-order chi connectivity index (χ1) is 9.13. The highest BCUT2D eigenvalue weighted by Crippen LogP contribution is 2.00. The van der Waals surface area contributed by atoms with Crippen molar-refractivity contribution < 1.29 is 24.2 Å². The molecule has 0 heterocycles. The first-order valence-corrected chi connectivity index (χ1v) is 5.50. The lowest BCUT2D eigenvalue weighted by atomic mass is 10.2. The average Bonchev–Trinajstić information content (AvgIpc) is 2.42. The maximum atomic E-state index is 11.3. The zero-order valence-corrected chi connectivity index (χ0v) is 10.0. The second-order valence-corrected chi connectivity index (χ2v) is 3.62. The molecule has 0 aliphatic rings. The minimum atomic E-state index is -1.24. The van der Waals surface area contributed by atoms with Crippen LogP contribution in [0.4, 0.5) is 4.79 Å². The number of aliphatic carboxylic acids is 1. The highest BCUT2D eigenvalue weighted by molar-refractivity contribution is 5.77. The van der Waals surface area contributed by atoms with Crippen molar-refractivity contribution in [3.8, 4) is 0 Å². The quantitative estimate of drug-likeness (QED) is 0.608. The van der Waals surface area contributed by atoms with E-state index in [1.807, 2.05) is 18.2 Å². The largest absolute Gasteiger partial charge is 0.480 e. The number of nitrogens with one attached hydrogen (secondary N) is 2. The number of rotatable bonds is 7. The summed E-state index contributed by atoms with van der Waals surface area (Å²) in [6, 6.07) is 7.87. The molecule has 0 fully saturated rings. The predicted molar refractivity (Wildman–Crippen MR) is 65.3 cm³/mol. The minimum Gasteiger partial charge on any atom is -0.480 e. The van der Waals surface area contributed by atoms with E-state index >= 15 is 0 Å². The number of hydrogen-bond acceptors (Lipinski definition) is 4. The molecule has 7 nitrogen and oxygen atoms in total. The van der Waals surface area contributed by atoms with Gasteiger partial charge in [-0.05, 0) is 5.56 Å². The number of carboxylic acid groups (broad SMARTS) is 1. The van der Waals surface area contributed by atoms with Crippen molar-refractivity contribution in [1.82, 2.24) is 10.6 Å². The van der Waals surface area contributed by atoms with Crippen LogP contribution < -0.4 is 10.6 Å². The number of ether oxygens (including phenoxy) is 1. The second kappa shape index (κ2) is 7.70. The van der Waals surface area contributed by atoms with Gasteiger partial charge < -0.3 is 20.5 Å². The monoisotopic (exact) mass is 266 g/mol. The summed E-state index contributed by atoms with van der Waals surface area (Å²) < 4.78 is 4.88. The van der Waals surface area contributed by atoms with E-state index in [4.69, 9.17) is 9.84 Å². The third kappa shape index (κ3) is 5.53. The van der Waals surface area contributed by atoms with Crippen LogP contribution in [0.2, 0.25) is 0 Å². The fourth-order valence-corrected chi connectivity index (χ4v) is 1.26. The third-order valence-corrected chi connectivity index (χ3v) is 2.23. The Hall–Kier alpha value is -2.57. The summed E-state index contributed by atoms with van der Waals surface area (Å²) in [5, 5.41) is 13.0. The molecule has 0 saturated carbocycles. The van der Waals surface area contributed by atoms with Crippen LogP contribution in [-0.4, -0.2) is 36.2 Å². The van der Waals surface area contributed by atoms with Gasteiger partial charge in [0.2, 0.25) is 6.41 Å². The molecular weight excluding hydrogens is 252 g/mol. The van der Waals surface area contributed by atoms with Crippen molar-refractivity contribution in [2.45, 2.75) is 12.6 Å². The van der Waals surface area contributed by atoms with Gasteiger partial charge in [0.15, 0.2) is 0 Å². The Bertz CT molecular complexity index is 435. The summed E-state index contributed by atoms with van der Waals surface area (Å²) in [7, 11) is 0. The van der Waals surface area contributed by atoms with Crippen molar-refractivity contribution in [2.24, 2.45) is 0 Å².